The van der Waals surface area contributed by atoms with Gasteiger partial charge in [-0.15, -0.1) is 0 Å². The molecule has 29 heavy (non-hydrogen) atoms. The summed E-state index contributed by atoms with van der Waals surface area (Å²) in [7, 11) is 1.22. The third kappa shape index (κ3) is 3.82. The Kier molecular flexibility index (Phi) is 5.24. The van der Waals surface area contributed by atoms with Crippen LogP contribution >= 0.6 is 23.1 Å². The van der Waals surface area contributed by atoms with Crippen LogP contribution in [-0.4, -0.2) is 35.0 Å². The van der Waals surface area contributed by atoms with Crippen molar-refractivity contribution in [2.45, 2.75) is 0 Å². The molecule has 1 aromatic heterocycles. The Balaban J connectivity index is 1.78. The number of amidine groups is 1. The summed E-state index contributed by atoms with van der Waals surface area (Å²) < 4.78 is 5.50. The molecular weight excluding hydrogens is 410 g/mol. The number of hydrogen-bond acceptors (Lipinski definition) is 7. The van der Waals surface area contributed by atoms with E-state index in [0.29, 0.717) is 10.7 Å². The summed E-state index contributed by atoms with van der Waals surface area (Å²) in [5.74, 6) is -1.65. The molecule has 0 saturated carbocycles. The third-order valence-corrected chi connectivity index (χ3v) is 5.94. The highest BCUT2D eigenvalue weighted by Gasteiger charge is 2.37. The van der Waals surface area contributed by atoms with Crippen molar-refractivity contribution in [2.75, 3.05) is 12.0 Å². The molecule has 2 amide bonds. The van der Waals surface area contributed by atoms with Gasteiger partial charge in [0.25, 0.3) is 11.8 Å². The Hall–Kier alpha value is -3.30. The number of methoxy groups -OCH3 is 1. The van der Waals surface area contributed by atoms with Crippen molar-refractivity contribution >= 4 is 61.4 Å². The number of fused-ring (bicyclic) bond motifs is 1. The lowest BCUT2D eigenvalue weighted by atomic mass is 10.2. The van der Waals surface area contributed by atoms with Crippen molar-refractivity contribution in [3.05, 3.63) is 71.1 Å². The Morgan fingerprint density at radius 2 is 1.83 bits per heavy atom. The van der Waals surface area contributed by atoms with Crippen molar-refractivity contribution in [1.82, 2.24) is 4.98 Å². The van der Waals surface area contributed by atoms with E-state index in [-0.39, 0.29) is 10.1 Å². The first-order chi connectivity index (χ1) is 14.1. The second kappa shape index (κ2) is 7.98. The first-order valence-corrected chi connectivity index (χ1v) is 10.1. The molecule has 1 aliphatic heterocycles. The van der Waals surface area contributed by atoms with Crippen LogP contribution in [0.4, 0.5) is 5.13 Å². The number of ether oxygens (including phenoxy) is 1. The number of anilines is 1. The van der Waals surface area contributed by atoms with Crippen molar-refractivity contribution < 1.29 is 19.1 Å². The second-order valence-electron chi connectivity index (χ2n) is 5.80. The minimum atomic E-state index is -0.666. The molecular formula is C20H13N3O4S2. The molecule has 144 valence electrons. The summed E-state index contributed by atoms with van der Waals surface area (Å²) in [4.78, 5) is 47.2. The van der Waals surface area contributed by atoms with Gasteiger partial charge in [-0.05, 0) is 36.0 Å². The lowest BCUT2D eigenvalue weighted by Crippen LogP contribution is -2.29. The molecule has 0 atom stereocenters. The molecule has 1 fully saturated rings. The minimum absolute atomic E-state index is 0.107. The highest BCUT2D eigenvalue weighted by Crippen LogP contribution is 2.38. The average Bonchev–Trinajstić information content (AvgIpc) is 3.29. The van der Waals surface area contributed by atoms with Crippen LogP contribution in [0.2, 0.25) is 0 Å². The Bertz CT molecular complexity index is 1150. The van der Waals surface area contributed by atoms with E-state index in [2.05, 4.69) is 14.7 Å². The standard InChI is InChI=1S/C20H13N3O4S2/c1-27-16(24)11-15-18(26)23(19-21-13-9-5-6-10-14(13)28-19)20(29-15)22-17(25)12-7-3-2-4-8-12/h2-11H,1H3/b15-11-,22-20?. The van der Waals surface area contributed by atoms with Crippen LogP contribution in [-0.2, 0) is 14.3 Å². The summed E-state index contributed by atoms with van der Waals surface area (Å²) in [5, 5.41) is 0.509. The number of rotatable bonds is 3. The number of aromatic nitrogens is 1. The number of esters is 1. The molecule has 3 aromatic rings. The Labute approximate surface area is 173 Å². The predicted molar refractivity (Wildman–Crippen MR) is 113 cm³/mol. The van der Waals surface area contributed by atoms with Gasteiger partial charge < -0.3 is 4.74 Å². The van der Waals surface area contributed by atoms with Crippen molar-refractivity contribution in [3.63, 3.8) is 0 Å². The van der Waals surface area contributed by atoms with E-state index in [1.807, 2.05) is 24.3 Å². The number of thioether (sulfide) groups is 1. The minimum Gasteiger partial charge on any atom is -0.466 e. The van der Waals surface area contributed by atoms with E-state index in [0.717, 1.165) is 28.1 Å². The Morgan fingerprint density at radius 3 is 2.55 bits per heavy atom. The number of hydrogen-bond donors (Lipinski definition) is 0. The molecule has 0 bridgehead atoms. The fourth-order valence-electron chi connectivity index (χ4n) is 2.57. The number of aliphatic imine (C=N–C) groups is 1. The zero-order valence-corrected chi connectivity index (χ0v) is 16.7. The third-order valence-electron chi connectivity index (χ3n) is 3.95. The zero-order valence-electron chi connectivity index (χ0n) is 15.1. The Morgan fingerprint density at radius 1 is 1.10 bits per heavy atom. The quantitative estimate of drug-likeness (QED) is 0.472. The highest BCUT2D eigenvalue weighted by atomic mass is 32.2. The van der Waals surface area contributed by atoms with Crippen LogP contribution in [0.1, 0.15) is 10.4 Å². The van der Waals surface area contributed by atoms with Crippen LogP contribution < -0.4 is 4.90 Å². The van der Waals surface area contributed by atoms with Crippen LogP contribution in [0.25, 0.3) is 10.2 Å². The molecule has 7 nitrogen and oxygen atoms in total. The maximum absolute atomic E-state index is 13.0. The maximum atomic E-state index is 13.0. The van der Waals surface area contributed by atoms with E-state index in [4.69, 9.17) is 0 Å². The lowest BCUT2D eigenvalue weighted by molar-refractivity contribution is -0.135. The summed E-state index contributed by atoms with van der Waals surface area (Å²) in [6, 6.07) is 16.0. The number of nitrogens with zero attached hydrogens (tertiary/aromatic N) is 3. The number of amides is 2. The van der Waals surface area contributed by atoms with Crippen molar-refractivity contribution in [1.29, 1.82) is 0 Å². The summed E-state index contributed by atoms with van der Waals surface area (Å²) >= 11 is 2.23. The highest BCUT2D eigenvalue weighted by molar-refractivity contribution is 8.19. The topological polar surface area (TPSA) is 88.9 Å². The molecule has 4 rings (SSSR count). The van der Waals surface area contributed by atoms with Gasteiger partial charge in [0.1, 0.15) is 0 Å². The van der Waals surface area contributed by atoms with Gasteiger partial charge in [0.05, 0.1) is 22.2 Å². The lowest BCUT2D eigenvalue weighted by Gasteiger charge is -2.10. The van der Waals surface area contributed by atoms with Gasteiger partial charge in [0.2, 0.25) is 0 Å². The summed E-state index contributed by atoms with van der Waals surface area (Å²) in [5.41, 5.74) is 1.12. The molecule has 0 N–H and O–H groups in total. The average molecular weight is 423 g/mol. The molecule has 0 unspecified atom stereocenters. The van der Waals surface area contributed by atoms with E-state index >= 15 is 0 Å². The molecule has 1 saturated heterocycles. The van der Waals surface area contributed by atoms with Crippen molar-refractivity contribution in [3.8, 4) is 0 Å². The number of para-hydroxylation sites is 1. The fraction of sp³-hybridized carbons (Fsp3) is 0.0500. The van der Waals surface area contributed by atoms with Crippen LogP contribution in [0.5, 0.6) is 0 Å². The molecule has 2 aromatic carbocycles. The van der Waals surface area contributed by atoms with Gasteiger partial charge in [-0.2, -0.15) is 4.99 Å². The first kappa shape index (κ1) is 19.0. The number of benzene rings is 2. The fourth-order valence-corrected chi connectivity index (χ4v) is 4.51. The predicted octanol–water partition coefficient (Wildman–Crippen LogP) is 3.63. The van der Waals surface area contributed by atoms with Gasteiger partial charge in [0.15, 0.2) is 10.3 Å². The van der Waals surface area contributed by atoms with Crippen LogP contribution in [0.15, 0.2) is 70.6 Å². The monoisotopic (exact) mass is 423 g/mol. The van der Waals surface area contributed by atoms with E-state index in [1.165, 1.54) is 23.3 Å². The molecule has 0 aliphatic carbocycles. The zero-order chi connectivity index (χ0) is 20.4. The van der Waals surface area contributed by atoms with Gasteiger partial charge in [-0.25, -0.2) is 14.7 Å². The van der Waals surface area contributed by atoms with Gasteiger partial charge in [0, 0.05) is 11.6 Å². The molecule has 0 radical (unpaired) electrons. The van der Waals surface area contributed by atoms with Gasteiger partial charge >= 0.3 is 5.97 Å². The van der Waals surface area contributed by atoms with Crippen LogP contribution in [0, 0.1) is 0 Å². The summed E-state index contributed by atoms with van der Waals surface area (Å²) in [6.07, 6.45) is 1.09. The normalized spacial score (nSPS) is 16.7. The molecule has 1 aliphatic rings. The van der Waals surface area contributed by atoms with E-state index in [1.54, 1.807) is 30.3 Å². The first-order valence-electron chi connectivity index (χ1n) is 8.42. The van der Waals surface area contributed by atoms with Gasteiger partial charge in [-0.3, -0.25) is 9.59 Å². The van der Waals surface area contributed by atoms with Crippen molar-refractivity contribution in [2.24, 2.45) is 4.99 Å². The molecule has 9 heteroatoms. The smallest absolute Gasteiger partial charge is 0.331 e. The number of carbonyl (C=O) groups excluding carboxylic acids is 3. The second-order valence-corrected chi connectivity index (χ2v) is 7.82. The maximum Gasteiger partial charge on any atom is 0.331 e. The molecule has 0 spiro atoms. The van der Waals surface area contributed by atoms with E-state index < -0.39 is 17.8 Å². The van der Waals surface area contributed by atoms with E-state index in [9.17, 15) is 14.4 Å². The number of carbonyl (C=O) groups is 3. The largest absolute Gasteiger partial charge is 0.466 e. The van der Waals surface area contributed by atoms with Gasteiger partial charge in [-0.1, -0.05) is 41.7 Å². The SMILES string of the molecule is COC(=O)/C=C1\SC(=NC(=O)c2ccccc2)N(c2nc3ccccc3s2)C1=O. The number of thiazole rings is 1. The summed E-state index contributed by atoms with van der Waals surface area (Å²) in [6.45, 7) is 0. The van der Waals surface area contributed by atoms with Crippen LogP contribution in [0.3, 0.4) is 0 Å². The molecule has 2 heterocycles.